The molecule has 1 aromatic carbocycles. The molecule has 0 bridgehead atoms. The van der Waals surface area contributed by atoms with Crippen LogP contribution in [0.15, 0.2) is 36.4 Å². The number of carbonyl (C=O) groups is 2. The van der Waals surface area contributed by atoms with E-state index in [4.69, 9.17) is 4.74 Å². The number of aliphatic hydroxyl groups is 1. The van der Waals surface area contributed by atoms with Crippen LogP contribution in [0.2, 0.25) is 0 Å². The number of likely N-dealkylation sites (tertiary alicyclic amines) is 1. The molecule has 2 fully saturated rings. The molecule has 1 aromatic heterocycles. The van der Waals surface area contributed by atoms with Gasteiger partial charge < -0.3 is 24.8 Å². The number of benzene rings is 1. The van der Waals surface area contributed by atoms with Gasteiger partial charge in [0.25, 0.3) is 0 Å². The van der Waals surface area contributed by atoms with Crippen LogP contribution in [0.4, 0.5) is 8.78 Å². The smallest absolute Gasteiger partial charge is 0.387 e. The number of halogens is 2. The van der Waals surface area contributed by atoms with E-state index in [0.717, 1.165) is 18.4 Å². The number of rotatable bonds is 10. The summed E-state index contributed by atoms with van der Waals surface area (Å²) < 4.78 is 36.1. The molecule has 10 heteroatoms. The van der Waals surface area contributed by atoms with Gasteiger partial charge in [0.15, 0.2) is 11.5 Å². The van der Waals surface area contributed by atoms with Crippen molar-refractivity contribution in [1.29, 1.82) is 0 Å². The van der Waals surface area contributed by atoms with E-state index >= 15 is 0 Å². The number of nitrogens with zero attached hydrogens (tertiary/aromatic N) is 2. The molecule has 2 aromatic rings. The highest BCUT2D eigenvalue weighted by atomic mass is 19.3. The van der Waals surface area contributed by atoms with Crippen LogP contribution in [0.3, 0.4) is 0 Å². The van der Waals surface area contributed by atoms with Gasteiger partial charge in [0, 0.05) is 19.4 Å². The maximum atomic E-state index is 13.0. The highest BCUT2D eigenvalue weighted by molar-refractivity contribution is 5.87. The van der Waals surface area contributed by atoms with Crippen molar-refractivity contribution in [3.05, 3.63) is 53.3 Å². The number of amides is 2. The Kier molecular flexibility index (Phi) is 7.80. The summed E-state index contributed by atoms with van der Waals surface area (Å²) in [6.07, 6.45) is 2.49. The molecule has 2 amide bonds. The number of nitrogens with one attached hydrogen (secondary N) is 1. The van der Waals surface area contributed by atoms with Crippen LogP contribution in [0.25, 0.3) is 0 Å². The molecule has 2 atom stereocenters. The Balaban J connectivity index is 1.46. The lowest BCUT2D eigenvalue weighted by Crippen LogP contribution is -2.45. The average molecular weight is 490 g/mol. The van der Waals surface area contributed by atoms with Crippen molar-refractivity contribution >= 4 is 11.8 Å². The molecular weight excluding hydrogens is 460 g/mol. The van der Waals surface area contributed by atoms with Gasteiger partial charge in [-0.15, -0.1) is 0 Å². The van der Waals surface area contributed by atoms with Crippen LogP contribution in [0, 0.1) is 5.92 Å². The number of carbonyl (C=O) groups excluding carboxylic acids is 2. The monoisotopic (exact) mass is 489 g/mol. The van der Waals surface area contributed by atoms with Crippen molar-refractivity contribution in [3.8, 4) is 11.5 Å². The van der Waals surface area contributed by atoms with E-state index in [-0.39, 0.29) is 42.4 Å². The topological polar surface area (TPSA) is 101 Å². The molecule has 1 saturated heterocycles. The van der Waals surface area contributed by atoms with Crippen LogP contribution < -0.4 is 14.8 Å². The van der Waals surface area contributed by atoms with Gasteiger partial charge in [-0.2, -0.15) is 8.78 Å². The molecule has 1 unspecified atom stereocenters. The molecule has 2 heterocycles. The van der Waals surface area contributed by atoms with Crippen molar-refractivity contribution in [2.45, 2.75) is 57.9 Å². The van der Waals surface area contributed by atoms with Gasteiger partial charge in [-0.3, -0.25) is 14.6 Å². The summed E-state index contributed by atoms with van der Waals surface area (Å²) in [6, 6.07) is 9.30. The van der Waals surface area contributed by atoms with Gasteiger partial charge in [-0.05, 0) is 55.0 Å². The quantitative estimate of drug-likeness (QED) is 0.532. The predicted molar refractivity (Wildman–Crippen MR) is 122 cm³/mol. The Morgan fingerprint density at radius 1 is 1.20 bits per heavy atom. The number of pyridine rings is 1. The molecule has 2 aliphatic rings. The van der Waals surface area contributed by atoms with Gasteiger partial charge in [-0.1, -0.05) is 12.1 Å². The summed E-state index contributed by atoms with van der Waals surface area (Å²) in [4.78, 5) is 31.1. The second-order valence-corrected chi connectivity index (χ2v) is 8.96. The second-order valence-electron chi connectivity index (χ2n) is 8.96. The first-order valence-corrected chi connectivity index (χ1v) is 11.7. The minimum atomic E-state index is -2.97. The number of ether oxygens (including phenoxy) is 2. The van der Waals surface area contributed by atoms with Crippen LogP contribution in [-0.2, 0) is 22.7 Å². The van der Waals surface area contributed by atoms with E-state index < -0.39 is 12.7 Å². The SMILES string of the molecule is CC(=O)N1CC(c2ccc(OC(F)F)c(OCC3CC3)c2)C[C@@H]1C(=O)NCc1cccc(CO)n1. The highest BCUT2D eigenvalue weighted by Crippen LogP contribution is 2.39. The first-order chi connectivity index (χ1) is 16.8. The first-order valence-electron chi connectivity index (χ1n) is 11.7. The van der Waals surface area contributed by atoms with Crippen molar-refractivity contribution in [3.63, 3.8) is 0 Å². The largest absolute Gasteiger partial charge is 0.489 e. The highest BCUT2D eigenvalue weighted by Gasteiger charge is 2.39. The third-order valence-corrected chi connectivity index (χ3v) is 6.31. The zero-order valence-electron chi connectivity index (χ0n) is 19.5. The molecule has 8 nitrogen and oxygen atoms in total. The van der Waals surface area contributed by atoms with Crippen molar-refractivity contribution in [1.82, 2.24) is 15.2 Å². The third kappa shape index (κ3) is 6.45. The van der Waals surface area contributed by atoms with E-state index in [1.807, 2.05) is 0 Å². The molecule has 35 heavy (non-hydrogen) atoms. The zero-order valence-corrected chi connectivity index (χ0v) is 19.5. The van der Waals surface area contributed by atoms with Crippen LogP contribution >= 0.6 is 0 Å². The molecule has 0 spiro atoms. The summed E-state index contributed by atoms with van der Waals surface area (Å²) >= 11 is 0. The normalized spacial score (nSPS) is 19.6. The summed E-state index contributed by atoms with van der Waals surface area (Å²) in [5, 5.41) is 12.1. The summed E-state index contributed by atoms with van der Waals surface area (Å²) in [7, 11) is 0. The Labute approximate surface area is 202 Å². The lowest BCUT2D eigenvalue weighted by Gasteiger charge is -2.22. The Morgan fingerprint density at radius 2 is 1.97 bits per heavy atom. The molecule has 188 valence electrons. The minimum absolute atomic E-state index is 0.0299. The number of alkyl halides is 2. The predicted octanol–water partition coefficient (Wildman–Crippen LogP) is 2.98. The summed E-state index contributed by atoms with van der Waals surface area (Å²) in [5.41, 5.74) is 1.89. The molecule has 0 radical (unpaired) electrons. The molecule has 4 rings (SSSR count). The number of hydrogen-bond acceptors (Lipinski definition) is 6. The van der Waals surface area contributed by atoms with Crippen molar-refractivity contribution in [2.24, 2.45) is 5.92 Å². The van der Waals surface area contributed by atoms with Crippen LogP contribution in [-0.4, -0.2) is 52.6 Å². The van der Waals surface area contributed by atoms with Crippen molar-refractivity contribution in [2.75, 3.05) is 13.2 Å². The second kappa shape index (κ2) is 11.0. The Hall–Kier alpha value is -3.27. The molecule has 1 saturated carbocycles. The molecule has 1 aliphatic heterocycles. The lowest BCUT2D eigenvalue weighted by atomic mass is 9.95. The van der Waals surface area contributed by atoms with Crippen molar-refractivity contribution < 1.29 is 33.0 Å². The fraction of sp³-hybridized carbons (Fsp3) is 0.480. The summed E-state index contributed by atoms with van der Waals surface area (Å²) in [6.45, 7) is -0.828. The van der Waals surface area contributed by atoms with Gasteiger partial charge in [0.2, 0.25) is 11.8 Å². The van der Waals surface area contributed by atoms with Gasteiger partial charge in [-0.25, -0.2) is 0 Å². The van der Waals surface area contributed by atoms with E-state index in [1.54, 1.807) is 30.3 Å². The van der Waals surface area contributed by atoms with E-state index in [2.05, 4.69) is 15.0 Å². The van der Waals surface area contributed by atoms with E-state index in [1.165, 1.54) is 17.9 Å². The Morgan fingerprint density at radius 3 is 2.66 bits per heavy atom. The lowest BCUT2D eigenvalue weighted by molar-refractivity contribution is -0.136. The number of hydrogen-bond donors (Lipinski definition) is 2. The van der Waals surface area contributed by atoms with Gasteiger partial charge >= 0.3 is 6.61 Å². The fourth-order valence-corrected chi connectivity index (χ4v) is 4.26. The fourth-order valence-electron chi connectivity index (χ4n) is 4.26. The molecular formula is C25H29F2N3O5. The number of aliphatic hydroxyl groups excluding tert-OH is 1. The zero-order chi connectivity index (χ0) is 24.9. The van der Waals surface area contributed by atoms with Crippen LogP contribution in [0.5, 0.6) is 11.5 Å². The number of aromatic nitrogens is 1. The Bertz CT molecular complexity index is 1060. The van der Waals surface area contributed by atoms with E-state index in [9.17, 15) is 23.5 Å². The standard InChI is InChI=1S/C25H29F2N3O5/c1-15(32)30-12-18(9-21(30)24(33)28-11-19-3-2-4-20(13-31)29-19)17-7-8-22(35-25(26)27)23(10-17)34-14-16-5-6-16/h2-4,7-8,10,16,18,21,25,31H,5-6,9,11-14H2,1H3,(H,28,33)/t18?,21-/m1/s1. The maximum Gasteiger partial charge on any atom is 0.387 e. The summed E-state index contributed by atoms with van der Waals surface area (Å²) in [5.74, 6) is -0.0602. The molecule has 2 N–H and O–H groups in total. The molecule has 1 aliphatic carbocycles. The van der Waals surface area contributed by atoms with E-state index in [0.29, 0.717) is 36.9 Å². The van der Waals surface area contributed by atoms with Gasteiger partial charge in [0.05, 0.1) is 31.1 Å². The average Bonchev–Trinajstić information content (AvgIpc) is 3.56. The third-order valence-electron chi connectivity index (χ3n) is 6.31. The minimum Gasteiger partial charge on any atom is -0.489 e. The maximum absolute atomic E-state index is 13.0. The van der Waals surface area contributed by atoms with Crippen LogP contribution in [0.1, 0.15) is 49.1 Å². The first kappa shape index (κ1) is 24.8. The van der Waals surface area contributed by atoms with Gasteiger partial charge in [0.1, 0.15) is 6.04 Å².